The van der Waals surface area contributed by atoms with Crippen LogP contribution in [0.1, 0.15) is 10.4 Å². The average Bonchev–Trinajstić information content (AvgIpc) is 2.38. The molecular formula is C14H9Br2FO. The van der Waals surface area contributed by atoms with Gasteiger partial charge in [0, 0.05) is 5.56 Å². The molecule has 0 amide bonds. The number of alkyl halides is 3. The molecule has 1 nitrogen and oxygen atoms in total. The summed E-state index contributed by atoms with van der Waals surface area (Å²) in [5, 5.41) is 0. The van der Waals surface area contributed by atoms with E-state index in [4.69, 9.17) is 0 Å². The first kappa shape index (κ1) is 13.4. The summed E-state index contributed by atoms with van der Waals surface area (Å²) in [6, 6.07) is 16.4. The van der Waals surface area contributed by atoms with Crippen molar-refractivity contribution in [1.82, 2.24) is 0 Å². The lowest BCUT2D eigenvalue weighted by molar-refractivity contribution is 0.0927. The molecule has 0 aliphatic rings. The molecule has 0 aromatic heterocycles. The number of ketones is 1. The molecule has 0 saturated heterocycles. The van der Waals surface area contributed by atoms with Crippen LogP contribution in [0, 0.1) is 0 Å². The van der Waals surface area contributed by atoms with Crippen LogP contribution in [0.5, 0.6) is 0 Å². The van der Waals surface area contributed by atoms with E-state index in [0.29, 0.717) is 11.1 Å². The first-order chi connectivity index (χ1) is 8.50. The molecule has 0 fully saturated rings. The smallest absolute Gasteiger partial charge is 0.280 e. The van der Waals surface area contributed by atoms with Gasteiger partial charge in [-0.3, -0.25) is 4.79 Å². The summed E-state index contributed by atoms with van der Waals surface area (Å²) in [6.07, 6.45) is 0. The van der Waals surface area contributed by atoms with Crippen LogP contribution in [-0.2, 0) is 0 Å². The normalized spacial score (nSPS) is 11.3. The molecule has 0 spiro atoms. The number of carbonyl (C=O) groups excluding carboxylic acids is 1. The number of hydrogen-bond acceptors (Lipinski definition) is 1. The van der Waals surface area contributed by atoms with Crippen molar-refractivity contribution in [2.24, 2.45) is 0 Å². The first-order valence-electron chi connectivity index (χ1n) is 5.26. The third-order valence-electron chi connectivity index (χ3n) is 2.51. The van der Waals surface area contributed by atoms with Gasteiger partial charge in [-0.15, -0.1) is 0 Å². The third-order valence-corrected chi connectivity index (χ3v) is 3.23. The number of Topliss-reactive ketones (excluding diaryl/α,β-unsaturated/α-hetero) is 1. The molecule has 0 saturated carbocycles. The maximum atomic E-state index is 13.6. The lowest BCUT2D eigenvalue weighted by Crippen LogP contribution is -2.19. The topological polar surface area (TPSA) is 17.1 Å². The van der Waals surface area contributed by atoms with Crippen molar-refractivity contribution in [3.05, 3.63) is 60.2 Å². The Hall–Kier alpha value is -1.000. The fourth-order valence-corrected chi connectivity index (χ4v) is 2.13. The quantitative estimate of drug-likeness (QED) is 0.551. The molecule has 0 atom stereocenters. The van der Waals surface area contributed by atoms with Crippen LogP contribution in [0.3, 0.4) is 0 Å². The van der Waals surface area contributed by atoms with Gasteiger partial charge in [0.15, 0.2) is 0 Å². The van der Waals surface area contributed by atoms with Crippen LogP contribution in [0.4, 0.5) is 4.39 Å². The highest BCUT2D eigenvalue weighted by Gasteiger charge is 2.34. The second-order valence-corrected chi connectivity index (χ2v) is 6.99. The van der Waals surface area contributed by atoms with Gasteiger partial charge in [-0.2, -0.15) is 0 Å². The van der Waals surface area contributed by atoms with E-state index in [9.17, 15) is 9.18 Å². The van der Waals surface area contributed by atoms with Crippen molar-refractivity contribution in [3.8, 4) is 11.1 Å². The van der Waals surface area contributed by atoms with E-state index < -0.39 is 9.27 Å². The summed E-state index contributed by atoms with van der Waals surface area (Å²) in [6.45, 7) is 0. The Morgan fingerprint density at radius 2 is 1.50 bits per heavy atom. The highest BCUT2D eigenvalue weighted by Crippen LogP contribution is 2.35. The van der Waals surface area contributed by atoms with Crippen molar-refractivity contribution in [2.45, 2.75) is 3.49 Å². The summed E-state index contributed by atoms with van der Waals surface area (Å²) < 4.78 is 11.4. The predicted octanol–water partition coefficient (Wildman–Crippen LogP) is 4.95. The Kier molecular flexibility index (Phi) is 3.97. The van der Waals surface area contributed by atoms with Gasteiger partial charge in [0.2, 0.25) is 5.78 Å². The van der Waals surface area contributed by atoms with Crippen molar-refractivity contribution in [1.29, 1.82) is 0 Å². The largest absolute Gasteiger partial charge is 0.288 e. The predicted molar refractivity (Wildman–Crippen MR) is 77.9 cm³/mol. The Morgan fingerprint density at radius 3 is 2.11 bits per heavy atom. The monoisotopic (exact) mass is 370 g/mol. The van der Waals surface area contributed by atoms with Gasteiger partial charge in [-0.05, 0) is 43.0 Å². The second kappa shape index (κ2) is 5.33. The maximum absolute atomic E-state index is 13.6. The van der Waals surface area contributed by atoms with E-state index in [1.807, 2.05) is 36.4 Å². The van der Waals surface area contributed by atoms with Crippen molar-refractivity contribution in [2.75, 3.05) is 0 Å². The van der Waals surface area contributed by atoms with Gasteiger partial charge < -0.3 is 0 Å². The molecular weight excluding hydrogens is 363 g/mol. The standard InChI is InChI=1S/C14H9Br2FO/c15-14(16,17)13(18)12-9-5-4-8-11(12)10-6-2-1-3-7-10/h1-9H. The summed E-state index contributed by atoms with van der Waals surface area (Å²) in [5.74, 6) is -0.651. The molecule has 0 heterocycles. The number of benzene rings is 2. The van der Waals surface area contributed by atoms with E-state index in [1.165, 1.54) is 0 Å². The second-order valence-electron chi connectivity index (χ2n) is 3.74. The van der Waals surface area contributed by atoms with E-state index >= 15 is 0 Å². The molecule has 2 aromatic rings. The van der Waals surface area contributed by atoms with Crippen LogP contribution in [0.25, 0.3) is 11.1 Å². The van der Waals surface area contributed by atoms with Gasteiger partial charge in [0.05, 0.1) is 0 Å². The number of rotatable bonds is 3. The number of halogens is 3. The van der Waals surface area contributed by atoms with Gasteiger partial charge in [0.25, 0.3) is 3.49 Å². The van der Waals surface area contributed by atoms with Crippen molar-refractivity contribution < 1.29 is 9.18 Å². The Morgan fingerprint density at radius 1 is 0.944 bits per heavy atom. The summed E-state index contributed by atoms with van der Waals surface area (Å²) in [4.78, 5) is 12.0. The Balaban J connectivity index is 2.54. The minimum atomic E-state index is -2.23. The third kappa shape index (κ3) is 2.87. The molecule has 0 radical (unpaired) electrons. The molecule has 2 aromatic carbocycles. The summed E-state index contributed by atoms with van der Waals surface area (Å²) in [5.41, 5.74) is 1.93. The minimum absolute atomic E-state index is 0.333. The highest BCUT2D eigenvalue weighted by molar-refractivity contribution is 9.25. The Labute approximate surface area is 121 Å². The average molecular weight is 372 g/mol. The van der Waals surface area contributed by atoms with Crippen LogP contribution in [-0.4, -0.2) is 9.27 Å². The zero-order chi connectivity index (χ0) is 13.2. The van der Waals surface area contributed by atoms with Crippen molar-refractivity contribution in [3.63, 3.8) is 0 Å². The molecule has 0 bridgehead atoms. The summed E-state index contributed by atoms with van der Waals surface area (Å²) >= 11 is 5.38. The van der Waals surface area contributed by atoms with E-state index in [2.05, 4.69) is 31.9 Å². The SMILES string of the molecule is O=C(c1ccccc1-c1ccccc1)C(F)(Br)Br. The van der Waals surface area contributed by atoms with Gasteiger partial charge >= 0.3 is 0 Å². The lowest BCUT2D eigenvalue weighted by atomic mass is 9.97. The maximum Gasteiger partial charge on any atom is 0.280 e. The molecule has 92 valence electrons. The number of hydrogen-bond donors (Lipinski definition) is 0. The Bertz CT molecular complexity index is 562. The van der Waals surface area contributed by atoms with Crippen LogP contribution in [0.15, 0.2) is 54.6 Å². The molecule has 2 rings (SSSR count). The van der Waals surface area contributed by atoms with Gasteiger partial charge in [0.1, 0.15) is 0 Å². The fourth-order valence-electron chi connectivity index (χ4n) is 1.70. The first-order valence-corrected chi connectivity index (χ1v) is 6.85. The molecule has 0 aliphatic carbocycles. The van der Waals surface area contributed by atoms with E-state index in [0.717, 1.165) is 5.56 Å². The zero-order valence-electron chi connectivity index (χ0n) is 9.24. The lowest BCUT2D eigenvalue weighted by Gasteiger charge is -2.13. The minimum Gasteiger partial charge on any atom is -0.288 e. The molecule has 4 heteroatoms. The molecule has 0 unspecified atom stereocenters. The number of carbonyl (C=O) groups is 1. The van der Waals surface area contributed by atoms with E-state index in [-0.39, 0.29) is 0 Å². The van der Waals surface area contributed by atoms with E-state index in [1.54, 1.807) is 18.2 Å². The van der Waals surface area contributed by atoms with Crippen LogP contribution in [0.2, 0.25) is 0 Å². The van der Waals surface area contributed by atoms with Crippen molar-refractivity contribution >= 4 is 37.6 Å². The van der Waals surface area contributed by atoms with Crippen LogP contribution >= 0.6 is 31.9 Å². The fraction of sp³-hybridized carbons (Fsp3) is 0.0714. The summed E-state index contributed by atoms with van der Waals surface area (Å²) in [7, 11) is 0. The zero-order valence-corrected chi connectivity index (χ0v) is 12.4. The van der Waals surface area contributed by atoms with Gasteiger partial charge in [-0.25, -0.2) is 4.39 Å². The van der Waals surface area contributed by atoms with Gasteiger partial charge in [-0.1, -0.05) is 54.6 Å². The highest BCUT2D eigenvalue weighted by atomic mass is 79.9. The van der Waals surface area contributed by atoms with Crippen LogP contribution < -0.4 is 0 Å². The molecule has 18 heavy (non-hydrogen) atoms. The molecule has 0 aliphatic heterocycles. The molecule has 0 N–H and O–H groups in total.